The maximum Gasteiger partial charge on any atom is 0.0674 e. The second kappa shape index (κ2) is 7.13. The number of halogens is 2. The van der Waals surface area contributed by atoms with Crippen molar-refractivity contribution in [2.75, 3.05) is 0 Å². The van der Waals surface area contributed by atoms with Crippen molar-refractivity contribution >= 4 is 46.7 Å². The Labute approximate surface area is 139 Å². The topological polar surface area (TPSA) is 0 Å². The first kappa shape index (κ1) is 16.1. The van der Waals surface area contributed by atoms with E-state index in [0.717, 1.165) is 16.5 Å². The second-order valence-corrected chi connectivity index (χ2v) is 8.88. The molecule has 0 atom stereocenters. The smallest absolute Gasteiger partial charge is 0.0674 e. The summed E-state index contributed by atoms with van der Waals surface area (Å²) in [4.78, 5) is 2.47. The molecule has 0 aliphatic carbocycles. The Morgan fingerprint density at radius 3 is 1.45 bits per heavy atom. The Balaban J connectivity index is 2.12. The molecule has 0 saturated carbocycles. The predicted octanol–water partition coefficient (Wildman–Crippen LogP) is 7.00. The molecule has 2 aromatic rings. The number of hydrogen-bond acceptors (Lipinski definition) is 2. The van der Waals surface area contributed by atoms with Crippen LogP contribution in [-0.2, 0) is 0 Å². The van der Waals surface area contributed by atoms with E-state index >= 15 is 0 Å². The molecule has 0 N–H and O–H groups in total. The summed E-state index contributed by atoms with van der Waals surface area (Å²) in [6, 6.07) is 16.0. The van der Waals surface area contributed by atoms with Gasteiger partial charge < -0.3 is 0 Å². The third-order valence-electron chi connectivity index (χ3n) is 2.94. The van der Waals surface area contributed by atoms with Gasteiger partial charge in [-0.05, 0) is 61.9 Å². The van der Waals surface area contributed by atoms with E-state index in [1.165, 1.54) is 9.79 Å². The Hall–Kier alpha value is -0.280. The molecule has 0 saturated heterocycles. The summed E-state index contributed by atoms with van der Waals surface area (Å²) in [5, 5.41) is 1.55. The summed E-state index contributed by atoms with van der Waals surface area (Å²) >= 11 is 15.6. The minimum atomic E-state index is 0.0850. The molecule has 0 radical (unpaired) electrons. The summed E-state index contributed by atoms with van der Waals surface area (Å²) in [5.41, 5.74) is 0. The van der Waals surface area contributed by atoms with Crippen LogP contribution in [0.3, 0.4) is 0 Å². The third-order valence-corrected chi connectivity index (χ3v) is 6.40. The fourth-order valence-corrected chi connectivity index (χ4v) is 4.50. The van der Waals surface area contributed by atoms with Crippen molar-refractivity contribution < 1.29 is 0 Å². The standard InChI is InChI=1S/C16H16Cl2S2/c1-3-16(2,19-14-8-4-12(17)5-9-14)20-15-10-6-13(18)7-11-15/h4-11H,3H2,1-2H3. The third kappa shape index (κ3) is 4.63. The van der Waals surface area contributed by atoms with Crippen LogP contribution < -0.4 is 0 Å². The maximum atomic E-state index is 5.93. The second-order valence-electron chi connectivity index (χ2n) is 4.60. The molecule has 0 amide bonds. The molecule has 0 bridgehead atoms. The van der Waals surface area contributed by atoms with Gasteiger partial charge in [-0.1, -0.05) is 30.1 Å². The molecule has 0 aromatic heterocycles. The minimum absolute atomic E-state index is 0.0850. The zero-order chi connectivity index (χ0) is 14.6. The fourth-order valence-electron chi connectivity index (χ4n) is 1.67. The van der Waals surface area contributed by atoms with E-state index in [4.69, 9.17) is 23.2 Å². The van der Waals surface area contributed by atoms with Crippen molar-refractivity contribution in [1.82, 2.24) is 0 Å². The van der Waals surface area contributed by atoms with E-state index in [-0.39, 0.29) is 4.08 Å². The van der Waals surface area contributed by atoms with E-state index in [1.54, 1.807) is 0 Å². The highest BCUT2D eigenvalue weighted by molar-refractivity contribution is 8.18. The summed E-state index contributed by atoms with van der Waals surface area (Å²) in [7, 11) is 0. The van der Waals surface area contributed by atoms with Gasteiger partial charge in [-0.3, -0.25) is 0 Å². The molecular formula is C16H16Cl2S2. The average Bonchev–Trinajstić information content (AvgIpc) is 2.44. The van der Waals surface area contributed by atoms with Crippen molar-refractivity contribution in [2.24, 2.45) is 0 Å². The highest BCUT2D eigenvalue weighted by Crippen LogP contribution is 2.47. The van der Waals surface area contributed by atoms with Crippen LogP contribution in [0.4, 0.5) is 0 Å². The van der Waals surface area contributed by atoms with Crippen LogP contribution in [-0.4, -0.2) is 4.08 Å². The zero-order valence-electron chi connectivity index (χ0n) is 11.4. The van der Waals surface area contributed by atoms with E-state index in [1.807, 2.05) is 47.8 Å². The monoisotopic (exact) mass is 342 g/mol. The lowest BCUT2D eigenvalue weighted by Crippen LogP contribution is -2.12. The van der Waals surface area contributed by atoms with Gasteiger partial charge in [0.25, 0.3) is 0 Å². The first-order valence-corrected chi connectivity index (χ1v) is 8.79. The molecule has 0 aliphatic rings. The van der Waals surface area contributed by atoms with Gasteiger partial charge in [0.05, 0.1) is 4.08 Å². The van der Waals surface area contributed by atoms with Gasteiger partial charge in [0.15, 0.2) is 0 Å². The molecule has 0 heterocycles. The van der Waals surface area contributed by atoms with Gasteiger partial charge >= 0.3 is 0 Å². The van der Waals surface area contributed by atoms with E-state index in [9.17, 15) is 0 Å². The van der Waals surface area contributed by atoms with E-state index in [2.05, 4.69) is 38.1 Å². The lowest BCUT2D eigenvalue weighted by molar-refractivity contribution is 0.845. The van der Waals surface area contributed by atoms with Crippen LogP contribution in [0.15, 0.2) is 58.3 Å². The number of thioether (sulfide) groups is 2. The van der Waals surface area contributed by atoms with Gasteiger partial charge in [-0.2, -0.15) is 0 Å². The molecule has 2 rings (SSSR count). The Morgan fingerprint density at radius 2 is 1.15 bits per heavy atom. The summed E-state index contributed by atoms with van der Waals surface area (Å²) in [6.45, 7) is 4.48. The zero-order valence-corrected chi connectivity index (χ0v) is 14.5. The first-order valence-electron chi connectivity index (χ1n) is 6.40. The van der Waals surface area contributed by atoms with Crippen molar-refractivity contribution in [3.05, 3.63) is 58.6 Å². The van der Waals surface area contributed by atoms with Crippen LogP contribution in [0.2, 0.25) is 10.0 Å². The Kier molecular flexibility index (Phi) is 5.74. The molecule has 0 aliphatic heterocycles. The summed E-state index contributed by atoms with van der Waals surface area (Å²) in [6.07, 6.45) is 1.06. The Bertz CT molecular complexity index is 502. The van der Waals surface area contributed by atoms with Gasteiger partial charge in [-0.25, -0.2) is 0 Å². The lowest BCUT2D eigenvalue weighted by Gasteiger charge is -2.27. The molecular weight excluding hydrogens is 327 g/mol. The molecule has 106 valence electrons. The number of benzene rings is 2. The van der Waals surface area contributed by atoms with Gasteiger partial charge in [-0.15, -0.1) is 23.5 Å². The largest absolute Gasteiger partial charge is 0.108 e. The molecule has 20 heavy (non-hydrogen) atoms. The van der Waals surface area contributed by atoms with Gasteiger partial charge in [0.2, 0.25) is 0 Å². The SMILES string of the molecule is CCC(C)(Sc1ccc(Cl)cc1)Sc1ccc(Cl)cc1. The summed E-state index contributed by atoms with van der Waals surface area (Å²) < 4.78 is 0.0850. The molecule has 0 spiro atoms. The molecule has 2 aromatic carbocycles. The van der Waals surface area contributed by atoms with Gasteiger partial charge in [0.1, 0.15) is 0 Å². The molecule has 0 nitrogen and oxygen atoms in total. The highest BCUT2D eigenvalue weighted by atomic mass is 35.5. The summed E-state index contributed by atoms with van der Waals surface area (Å²) in [5.74, 6) is 0. The van der Waals surface area contributed by atoms with Crippen LogP contribution >= 0.6 is 46.7 Å². The van der Waals surface area contributed by atoms with Crippen molar-refractivity contribution in [2.45, 2.75) is 34.1 Å². The lowest BCUT2D eigenvalue weighted by atomic mass is 10.3. The van der Waals surface area contributed by atoms with E-state index < -0.39 is 0 Å². The first-order chi connectivity index (χ1) is 9.50. The number of rotatable bonds is 5. The average molecular weight is 343 g/mol. The van der Waals surface area contributed by atoms with Crippen molar-refractivity contribution in [1.29, 1.82) is 0 Å². The minimum Gasteiger partial charge on any atom is -0.108 e. The van der Waals surface area contributed by atoms with Gasteiger partial charge in [0, 0.05) is 19.8 Å². The predicted molar refractivity (Wildman–Crippen MR) is 93.3 cm³/mol. The number of hydrogen-bond donors (Lipinski definition) is 0. The Morgan fingerprint density at radius 1 is 0.800 bits per heavy atom. The molecule has 4 heteroatoms. The fraction of sp³-hybridized carbons (Fsp3) is 0.250. The van der Waals surface area contributed by atoms with Crippen molar-refractivity contribution in [3.8, 4) is 0 Å². The maximum absolute atomic E-state index is 5.93. The van der Waals surface area contributed by atoms with Crippen LogP contribution in [0, 0.1) is 0 Å². The van der Waals surface area contributed by atoms with Crippen LogP contribution in [0.5, 0.6) is 0 Å². The molecule has 0 fully saturated rings. The van der Waals surface area contributed by atoms with Crippen LogP contribution in [0.1, 0.15) is 20.3 Å². The normalized spacial score (nSPS) is 11.6. The highest BCUT2D eigenvalue weighted by Gasteiger charge is 2.25. The van der Waals surface area contributed by atoms with Crippen LogP contribution in [0.25, 0.3) is 0 Å². The van der Waals surface area contributed by atoms with Crippen molar-refractivity contribution in [3.63, 3.8) is 0 Å². The van der Waals surface area contributed by atoms with E-state index in [0.29, 0.717) is 0 Å². The quantitative estimate of drug-likeness (QED) is 0.423. The molecule has 0 unspecified atom stereocenters.